The highest BCUT2D eigenvalue weighted by atomic mass is 35.5. The molecule has 0 radical (unpaired) electrons. The fourth-order valence-corrected chi connectivity index (χ4v) is 3.60. The Labute approximate surface area is 158 Å². The molecule has 26 heavy (non-hydrogen) atoms. The largest absolute Gasteiger partial charge is 0.338 e. The van der Waals surface area contributed by atoms with E-state index in [1.54, 1.807) is 36.6 Å². The lowest BCUT2D eigenvalue weighted by molar-refractivity contribution is 0.439. The SMILES string of the molecule is CN(C)/N=C(c1ccccc1)\S(O)=C\c1nc2cc(C#N)c(Cl)cc2[nH]1. The van der Waals surface area contributed by atoms with Crippen LogP contribution >= 0.6 is 22.4 Å². The van der Waals surface area contributed by atoms with Gasteiger partial charge in [0.2, 0.25) is 0 Å². The van der Waals surface area contributed by atoms with Crippen molar-refractivity contribution < 1.29 is 4.55 Å². The molecule has 0 aliphatic carbocycles. The molecular weight excluding hydrogens is 370 g/mol. The van der Waals surface area contributed by atoms with E-state index in [0.717, 1.165) is 5.56 Å². The van der Waals surface area contributed by atoms with Crippen LogP contribution in [-0.2, 0) is 0 Å². The number of hydrazone groups is 1. The van der Waals surface area contributed by atoms with Crippen molar-refractivity contribution in [3.63, 3.8) is 0 Å². The molecule has 1 unspecified atom stereocenters. The fraction of sp³-hybridized carbons (Fsp3) is 0.111. The first kappa shape index (κ1) is 18.1. The van der Waals surface area contributed by atoms with E-state index in [9.17, 15) is 4.55 Å². The summed E-state index contributed by atoms with van der Waals surface area (Å²) in [5.41, 5.74) is 2.50. The van der Waals surface area contributed by atoms with E-state index >= 15 is 0 Å². The second kappa shape index (κ2) is 7.70. The molecule has 2 N–H and O–H groups in total. The molecule has 0 bridgehead atoms. The number of H-pyrrole nitrogens is 1. The van der Waals surface area contributed by atoms with Gasteiger partial charge in [-0.1, -0.05) is 41.9 Å². The van der Waals surface area contributed by atoms with Crippen molar-refractivity contribution >= 4 is 43.8 Å². The predicted molar refractivity (Wildman–Crippen MR) is 108 cm³/mol. The van der Waals surface area contributed by atoms with E-state index in [-0.39, 0.29) is 0 Å². The van der Waals surface area contributed by atoms with Gasteiger partial charge in [0.15, 0.2) is 0 Å². The molecule has 0 aliphatic rings. The maximum absolute atomic E-state index is 10.7. The highest BCUT2D eigenvalue weighted by Crippen LogP contribution is 2.23. The summed E-state index contributed by atoms with van der Waals surface area (Å²) in [6.07, 6.45) is 0. The molecule has 1 heterocycles. The molecule has 1 atom stereocenters. The van der Waals surface area contributed by atoms with Crippen LogP contribution in [-0.4, -0.2) is 44.0 Å². The number of aromatic nitrogens is 2. The van der Waals surface area contributed by atoms with Gasteiger partial charge in [0, 0.05) is 25.0 Å². The van der Waals surface area contributed by atoms with Gasteiger partial charge in [0.05, 0.1) is 21.6 Å². The van der Waals surface area contributed by atoms with Gasteiger partial charge in [-0.2, -0.15) is 10.4 Å². The average molecular weight is 386 g/mol. The van der Waals surface area contributed by atoms with Crippen LogP contribution in [0.3, 0.4) is 0 Å². The minimum Gasteiger partial charge on any atom is -0.338 e. The van der Waals surface area contributed by atoms with Gasteiger partial charge in [-0.3, -0.25) is 0 Å². The summed E-state index contributed by atoms with van der Waals surface area (Å²) < 4.78 is 10.7. The highest BCUT2D eigenvalue weighted by Gasteiger charge is 2.11. The number of benzene rings is 2. The van der Waals surface area contributed by atoms with Crippen LogP contribution in [0.25, 0.3) is 11.0 Å². The lowest BCUT2D eigenvalue weighted by atomic mass is 10.2. The number of aromatic amines is 1. The minimum absolute atomic E-state index is 0.359. The van der Waals surface area contributed by atoms with E-state index < -0.39 is 10.8 Å². The van der Waals surface area contributed by atoms with Gasteiger partial charge in [-0.25, -0.2) is 4.98 Å². The molecule has 3 aromatic rings. The van der Waals surface area contributed by atoms with E-state index in [1.165, 1.54) is 0 Å². The van der Waals surface area contributed by atoms with Crippen molar-refractivity contribution in [2.75, 3.05) is 14.1 Å². The van der Waals surface area contributed by atoms with E-state index in [0.29, 0.717) is 32.5 Å². The zero-order valence-electron chi connectivity index (χ0n) is 14.1. The molecule has 6 nitrogen and oxygen atoms in total. The third-order valence-electron chi connectivity index (χ3n) is 3.44. The van der Waals surface area contributed by atoms with Crippen LogP contribution in [0.5, 0.6) is 0 Å². The Morgan fingerprint density at radius 3 is 2.73 bits per heavy atom. The smallest absolute Gasteiger partial charge is 0.142 e. The normalized spacial score (nSPS) is 13.0. The van der Waals surface area contributed by atoms with Crippen LogP contribution in [0, 0.1) is 11.3 Å². The molecule has 0 saturated carbocycles. The van der Waals surface area contributed by atoms with Crippen LogP contribution < -0.4 is 0 Å². The number of hydrogen-bond donors (Lipinski definition) is 2. The maximum Gasteiger partial charge on any atom is 0.142 e. The predicted octanol–water partition coefficient (Wildman–Crippen LogP) is 3.90. The van der Waals surface area contributed by atoms with Crippen molar-refractivity contribution in [2.24, 2.45) is 5.10 Å². The molecule has 3 rings (SSSR count). The summed E-state index contributed by atoms with van der Waals surface area (Å²) in [5, 5.41) is 17.6. The molecule has 8 heteroatoms. The van der Waals surface area contributed by atoms with Crippen molar-refractivity contribution in [1.29, 1.82) is 5.26 Å². The van der Waals surface area contributed by atoms with Crippen molar-refractivity contribution in [1.82, 2.24) is 15.0 Å². The Balaban J connectivity index is 2.04. The van der Waals surface area contributed by atoms with Gasteiger partial charge < -0.3 is 14.5 Å². The van der Waals surface area contributed by atoms with Gasteiger partial charge in [0.1, 0.15) is 16.9 Å². The Morgan fingerprint density at radius 1 is 1.35 bits per heavy atom. The first-order chi connectivity index (χ1) is 12.5. The van der Waals surface area contributed by atoms with E-state index in [1.807, 2.05) is 36.4 Å². The van der Waals surface area contributed by atoms with Gasteiger partial charge in [0.25, 0.3) is 0 Å². The summed E-state index contributed by atoms with van der Waals surface area (Å²) in [6, 6.07) is 14.8. The van der Waals surface area contributed by atoms with Crippen molar-refractivity contribution in [2.45, 2.75) is 0 Å². The highest BCUT2D eigenvalue weighted by molar-refractivity contribution is 8.24. The standard InChI is InChI=1S/C18H16ClN5OS/c1-24(2)23-18(12-6-4-3-5-7-12)26(25)11-17-21-15-8-13(10-20)14(19)9-16(15)22-17/h3-9,11,25H,1-2H3,(H,21,22)/b23-18-. The summed E-state index contributed by atoms with van der Waals surface area (Å²) in [6.45, 7) is 0. The topological polar surface area (TPSA) is 88.3 Å². The first-order valence-corrected chi connectivity index (χ1v) is 9.28. The summed E-state index contributed by atoms with van der Waals surface area (Å²) in [7, 11) is 2.32. The Bertz CT molecular complexity index is 1050. The molecule has 2 aromatic carbocycles. The van der Waals surface area contributed by atoms with Crippen molar-refractivity contribution in [3.05, 3.63) is 64.4 Å². The number of fused-ring (bicyclic) bond motifs is 1. The number of halogens is 1. The second-order valence-corrected chi connectivity index (χ2v) is 7.29. The Kier molecular flexibility index (Phi) is 5.38. The lowest BCUT2D eigenvalue weighted by Gasteiger charge is -2.11. The van der Waals surface area contributed by atoms with Crippen molar-refractivity contribution in [3.8, 4) is 6.07 Å². The molecule has 0 fully saturated rings. The van der Waals surface area contributed by atoms with Gasteiger partial charge >= 0.3 is 0 Å². The maximum atomic E-state index is 10.7. The zero-order valence-corrected chi connectivity index (χ0v) is 15.7. The Hall–Kier alpha value is -2.66. The molecule has 1 aromatic heterocycles. The third-order valence-corrected chi connectivity index (χ3v) is 4.92. The summed E-state index contributed by atoms with van der Waals surface area (Å²) in [5.74, 6) is 0.486. The molecular formula is C18H16ClN5OS. The van der Waals surface area contributed by atoms with Crippen LogP contribution in [0.4, 0.5) is 0 Å². The van der Waals surface area contributed by atoms with E-state index in [4.69, 9.17) is 16.9 Å². The van der Waals surface area contributed by atoms with Crippen LogP contribution in [0.15, 0.2) is 47.6 Å². The van der Waals surface area contributed by atoms with Crippen LogP contribution in [0.1, 0.15) is 17.0 Å². The number of nitrogens with one attached hydrogen (secondary N) is 1. The monoisotopic (exact) mass is 385 g/mol. The number of nitrogens with zero attached hydrogens (tertiary/aromatic N) is 4. The summed E-state index contributed by atoms with van der Waals surface area (Å²) >= 11 is 6.05. The van der Waals surface area contributed by atoms with Crippen LogP contribution in [0.2, 0.25) is 5.02 Å². The molecule has 0 saturated heterocycles. The third kappa shape index (κ3) is 3.94. The zero-order chi connectivity index (χ0) is 18.7. The lowest BCUT2D eigenvalue weighted by Crippen LogP contribution is -2.09. The molecule has 132 valence electrons. The quantitative estimate of drug-likeness (QED) is 0.309. The number of nitriles is 1. The fourth-order valence-electron chi connectivity index (χ4n) is 2.34. The first-order valence-electron chi connectivity index (χ1n) is 7.65. The van der Waals surface area contributed by atoms with Gasteiger partial charge in [-0.15, -0.1) is 0 Å². The van der Waals surface area contributed by atoms with Gasteiger partial charge in [-0.05, 0) is 22.9 Å². The second-order valence-electron chi connectivity index (χ2n) is 5.63. The number of hydrogen-bond acceptors (Lipinski definition) is 5. The number of imidazole rings is 1. The molecule has 0 spiro atoms. The number of rotatable bonds is 3. The molecule has 0 aliphatic heterocycles. The molecule has 0 amide bonds. The minimum atomic E-state index is -1.28. The Morgan fingerprint density at radius 2 is 2.08 bits per heavy atom. The van der Waals surface area contributed by atoms with E-state index in [2.05, 4.69) is 15.1 Å². The summed E-state index contributed by atoms with van der Waals surface area (Å²) in [4.78, 5) is 7.51. The average Bonchev–Trinajstić information content (AvgIpc) is 3.00.